The van der Waals surface area contributed by atoms with Gasteiger partial charge in [-0.3, -0.25) is 0 Å². The second kappa shape index (κ2) is 11.5. The summed E-state index contributed by atoms with van der Waals surface area (Å²) in [6.07, 6.45) is 1.41. The van der Waals surface area contributed by atoms with Crippen molar-refractivity contribution >= 4 is 44.0 Å². The van der Waals surface area contributed by atoms with E-state index in [9.17, 15) is 4.79 Å². The summed E-state index contributed by atoms with van der Waals surface area (Å²) in [4.78, 5) is 15.4. The van der Waals surface area contributed by atoms with E-state index in [2.05, 4.69) is 37.0 Å². The molecule has 0 atom stereocenters. The van der Waals surface area contributed by atoms with E-state index in [0.29, 0.717) is 30.3 Å². The number of ether oxygens (including phenoxy) is 2. The van der Waals surface area contributed by atoms with Crippen molar-refractivity contribution in [3.05, 3.63) is 92.4 Å². The van der Waals surface area contributed by atoms with Crippen molar-refractivity contribution in [1.29, 1.82) is 0 Å². The molecule has 160 valence electrons. The van der Waals surface area contributed by atoms with E-state index in [0.717, 1.165) is 20.1 Å². The van der Waals surface area contributed by atoms with Gasteiger partial charge >= 0.3 is 5.97 Å². The summed E-state index contributed by atoms with van der Waals surface area (Å²) in [7, 11) is 0. The van der Waals surface area contributed by atoms with Crippen LogP contribution in [0.5, 0.6) is 11.5 Å². The van der Waals surface area contributed by atoms with Crippen molar-refractivity contribution in [2.45, 2.75) is 13.2 Å². The zero-order valence-electron chi connectivity index (χ0n) is 16.3. The summed E-state index contributed by atoms with van der Waals surface area (Å²) in [6.45, 7) is 0.243. The fraction of sp³-hybridized carbons (Fsp3) is 0.130. The van der Waals surface area contributed by atoms with Gasteiger partial charge in [-0.2, -0.15) is 0 Å². The monoisotopic (exact) mass is 547 g/mol. The first-order valence-electron chi connectivity index (χ1n) is 9.25. The molecular weight excluding hydrogens is 530 g/mol. The largest absolute Gasteiger partial charge is 0.489 e. The summed E-state index contributed by atoms with van der Waals surface area (Å²) in [5.41, 5.74) is 2.64. The third-order valence-corrected chi connectivity index (χ3v) is 5.12. The minimum absolute atomic E-state index is 0.364. The van der Waals surface area contributed by atoms with Crippen molar-refractivity contribution in [3.8, 4) is 11.5 Å². The molecule has 0 aromatic heterocycles. The van der Waals surface area contributed by atoms with Crippen LogP contribution >= 0.6 is 31.9 Å². The Kier molecular flexibility index (Phi) is 8.49. The van der Waals surface area contributed by atoms with Gasteiger partial charge in [-0.15, -0.1) is 0 Å². The van der Waals surface area contributed by atoms with Gasteiger partial charge in [0.1, 0.15) is 24.7 Å². The smallest absolute Gasteiger partial charge is 0.344 e. The Morgan fingerprint density at radius 3 is 2.03 bits per heavy atom. The van der Waals surface area contributed by atoms with Gasteiger partial charge in [-0.1, -0.05) is 61.3 Å². The number of rotatable bonds is 10. The molecule has 0 spiro atoms. The van der Waals surface area contributed by atoms with Gasteiger partial charge in [-0.25, -0.2) is 4.79 Å². The molecule has 0 saturated heterocycles. The molecule has 0 unspecified atom stereocenters. The first kappa shape index (κ1) is 22.8. The minimum Gasteiger partial charge on any atom is -0.489 e. The Balaban J connectivity index is 1.71. The highest BCUT2D eigenvalue weighted by Gasteiger charge is 2.07. The van der Waals surface area contributed by atoms with E-state index < -0.39 is 12.6 Å². The topological polar surface area (TPSA) is 77.4 Å². The van der Waals surface area contributed by atoms with E-state index in [1.807, 2.05) is 54.6 Å². The molecule has 0 amide bonds. The predicted octanol–water partition coefficient (Wildman–Crippen LogP) is 5.80. The molecule has 8 heteroatoms. The van der Waals surface area contributed by atoms with Crippen molar-refractivity contribution in [3.63, 3.8) is 0 Å². The highest BCUT2D eigenvalue weighted by Crippen LogP contribution is 2.25. The Morgan fingerprint density at radius 1 is 0.871 bits per heavy atom. The molecule has 0 aliphatic carbocycles. The Morgan fingerprint density at radius 2 is 1.45 bits per heavy atom. The quantitative estimate of drug-likeness (QED) is 0.256. The summed E-state index contributed by atoms with van der Waals surface area (Å²) in [6, 6.07) is 21.0. The van der Waals surface area contributed by atoms with E-state index in [1.54, 1.807) is 12.1 Å². The van der Waals surface area contributed by atoms with Crippen LogP contribution in [-0.2, 0) is 22.8 Å². The normalized spacial score (nSPS) is 10.8. The number of nitrogens with zero attached hydrogens (tertiary/aromatic N) is 1. The van der Waals surface area contributed by atoms with Crippen molar-refractivity contribution in [2.75, 3.05) is 6.61 Å². The summed E-state index contributed by atoms with van der Waals surface area (Å²) >= 11 is 6.82. The number of halogens is 2. The number of hydrogen-bond acceptors (Lipinski definition) is 5. The van der Waals surface area contributed by atoms with Crippen LogP contribution in [0.1, 0.15) is 16.7 Å². The Labute approximate surface area is 196 Å². The Hall–Kier alpha value is -2.84. The van der Waals surface area contributed by atoms with Crippen LogP contribution in [0.2, 0.25) is 0 Å². The fourth-order valence-corrected chi connectivity index (χ4v) is 3.05. The molecule has 3 rings (SSSR count). The molecule has 0 saturated carbocycles. The average Bonchev–Trinajstić information content (AvgIpc) is 2.76. The number of carbonyl (C=O) groups is 1. The predicted molar refractivity (Wildman–Crippen MR) is 125 cm³/mol. The lowest BCUT2D eigenvalue weighted by Crippen LogP contribution is -2.04. The molecule has 31 heavy (non-hydrogen) atoms. The van der Waals surface area contributed by atoms with Crippen molar-refractivity contribution in [1.82, 2.24) is 0 Å². The third kappa shape index (κ3) is 7.73. The van der Waals surface area contributed by atoms with Crippen molar-refractivity contribution in [2.24, 2.45) is 5.16 Å². The highest BCUT2D eigenvalue weighted by atomic mass is 79.9. The zero-order valence-corrected chi connectivity index (χ0v) is 19.5. The summed E-state index contributed by atoms with van der Waals surface area (Å²) in [5.74, 6) is 0.0932. The number of benzene rings is 3. The van der Waals surface area contributed by atoms with E-state index in [-0.39, 0.29) is 0 Å². The van der Waals surface area contributed by atoms with Crippen LogP contribution in [0.4, 0.5) is 0 Å². The van der Waals surface area contributed by atoms with Gasteiger partial charge in [0.2, 0.25) is 6.61 Å². The Bertz CT molecular complexity index is 1040. The van der Waals surface area contributed by atoms with Gasteiger partial charge in [0, 0.05) is 14.5 Å². The second-order valence-electron chi connectivity index (χ2n) is 6.43. The van der Waals surface area contributed by atoms with Gasteiger partial charge < -0.3 is 19.4 Å². The van der Waals surface area contributed by atoms with Gasteiger partial charge in [0.05, 0.1) is 6.21 Å². The molecule has 6 nitrogen and oxygen atoms in total. The fourth-order valence-electron chi connectivity index (χ4n) is 2.52. The van der Waals surface area contributed by atoms with Crippen LogP contribution in [0.3, 0.4) is 0 Å². The van der Waals surface area contributed by atoms with E-state index in [1.165, 1.54) is 6.21 Å². The second-order valence-corrected chi connectivity index (χ2v) is 8.26. The maximum atomic E-state index is 10.6. The first-order valence-corrected chi connectivity index (χ1v) is 10.8. The number of carboxylic acids is 1. The summed E-state index contributed by atoms with van der Waals surface area (Å²) in [5, 5.41) is 12.4. The molecule has 0 aliphatic heterocycles. The molecule has 1 N–H and O–H groups in total. The SMILES string of the molecule is O=C(O)CO/N=C/c1cc(OCc2ccc(Br)cc2)ccc1OCc1ccc(Br)cc1. The van der Waals surface area contributed by atoms with E-state index in [4.69, 9.17) is 19.4 Å². The summed E-state index contributed by atoms with van der Waals surface area (Å²) < 4.78 is 13.8. The third-order valence-electron chi connectivity index (χ3n) is 4.06. The van der Waals surface area contributed by atoms with Crippen molar-refractivity contribution < 1.29 is 24.2 Å². The molecule has 3 aromatic carbocycles. The highest BCUT2D eigenvalue weighted by molar-refractivity contribution is 9.10. The number of carboxylic acid groups (broad SMARTS) is 1. The van der Waals surface area contributed by atoms with Gasteiger partial charge in [0.25, 0.3) is 0 Å². The van der Waals surface area contributed by atoms with Crippen LogP contribution in [-0.4, -0.2) is 23.9 Å². The maximum Gasteiger partial charge on any atom is 0.344 e. The molecule has 0 aliphatic rings. The molecule has 0 fully saturated rings. The lowest BCUT2D eigenvalue weighted by molar-refractivity contribution is -0.142. The van der Waals surface area contributed by atoms with Crippen LogP contribution in [0.15, 0.2) is 80.8 Å². The van der Waals surface area contributed by atoms with Gasteiger partial charge in [0.15, 0.2) is 0 Å². The zero-order chi connectivity index (χ0) is 22.1. The standard InChI is InChI=1S/C23H19Br2NO5/c24-19-5-1-16(2-6-19)13-29-21-9-10-22(18(11-21)12-26-31-15-23(27)28)30-14-17-3-7-20(25)8-4-17/h1-12H,13-15H2,(H,27,28)/b26-12+. The lowest BCUT2D eigenvalue weighted by atomic mass is 10.2. The minimum atomic E-state index is -1.10. The molecule has 0 heterocycles. The molecule has 0 radical (unpaired) electrons. The van der Waals surface area contributed by atoms with Gasteiger partial charge in [-0.05, 0) is 53.6 Å². The van der Waals surface area contributed by atoms with Crippen LogP contribution in [0.25, 0.3) is 0 Å². The maximum absolute atomic E-state index is 10.6. The number of oxime groups is 1. The number of hydrogen-bond donors (Lipinski definition) is 1. The molecule has 3 aromatic rings. The van der Waals surface area contributed by atoms with Crippen LogP contribution in [0, 0.1) is 0 Å². The molecular formula is C23H19Br2NO5. The first-order chi connectivity index (χ1) is 15.0. The number of aliphatic carboxylic acids is 1. The van der Waals surface area contributed by atoms with Crippen LogP contribution < -0.4 is 9.47 Å². The lowest BCUT2D eigenvalue weighted by Gasteiger charge is -2.12. The average molecular weight is 549 g/mol. The molecule has 0 bridgehead atoms. The van der Waals surface area contributed by atoms with E-state index >= 15 is 0 Å².